The Labute approximate surface area is 126 Å². The lowest BCUT2D eigenvalue weighted by Crippen LogP contribution is -2.47. The van der Waals surface area contributed by atoms with Crippen LogP contribution >= 0.6 is 0 Å². The molecule has 0 bridgehead atoms. The van der Waals surface area contributed by atoms with E-state index in [4.69, 9.17) is 9.16 Å². The van der Waals surface area contributed by atoms with Crippen LogP contribution in [0.15, 0.2) is 11.6 Å². The van der Waals surface area contributed by atoms with Crippen molar-refractivity contribution in [3.8, 4) is 0 Å². The second-order valence-electron chi connectivity index (χ2n) is 6.67. The van der Waals surface area contributed by atoms with Crippen LogP contribution in [0.1, 0.15) is 20.8 Å². The Hall–Kier alpha value is -1.34. The van der Waals surface area contributed by atoms with Crippen molar-refractivity contribution in [3.05, 3.63) is 11.6 Å². The van der Waals surface area contributed by atoms with Crippen molar-refractivity contribution in [2.24, 2.45) is 0 Å². The van der Waals surface area contributed by atoms with Crippen molar-refractivity contribution in [2.45, 2.75) is 44.9 Å². The number of hydrogen-bond acceptors (Lipinski definition) is 4. The van der Waals surface area contributed by atoms with Gasteiger partial charge in [-0.1, -0.05) is 26.8 Å². The summed E-state index contributed by atoms with van der Waals surface area (Å²) in [5.74, 6) is -0.498. The molecule has 0 aliphatic carbocycles. The van der Waals surface area contributed by atoms with Gasteiger partial charge in [-0.2, -0.15) is 0 Å². The molecule has 1 N–H and O–H groups in total. The van der Waals surface area contributed by atoms with Crippen LogP contribution in [0, 0.1) is 0 Å². The van der Waals surface area contributed by atoms with Crippen molar-refractivity contribution in [1.82, 2.24) is 4.90 Å². The predicted molar refractivity (Wildman–Crippen MR) is 81.8 cm³/mol. The molecule has 0 unspecified atom stereocenters. The normalized spacial score (nSPS) is 19.4. The van der Waals surface area contributed by atoms with Crippen LogP contribution in [-0.4, -0.2) is 56.7 Å². The summed E-state index contributed by atoms with van der Waals surface area (Å²) in [5.41, 5.74) is 0.360. The van der Waals surface area contributed by atoms with Crippen LogP contribution in [0.3, 0.4) is 0 Å². The van der Waals surface area contributed by atoms with Gasteiger partial charge in [0.2, 0.25) is 0 Å². The lowest BCUT2D eigenvalue weighted by atomic mass is 10.1. The van der Waals surface area contributed by atoms with Gasteiger partial charge in [-0.15, -0.1) is 0 Å². The molecule has 0 radical (unpaired) electrons. The predicted octanol–water partition coefficient (Wildman–Crippen LogP) is 2.47. The summed E-state index contributed by atoms with van der Waals surface area (Å²) in [6, 6.07) is -0.593. The molecule has 0 saturated heterocycles. The number of rotatable bonds is 4. The van der Waals surface area contributed by atoms with Gasteiger partial charge in [0.15, 0.2) is 8.32 Å². The standard InChI is InChI=1S/C14H25NO5Si/c1-14(2,3)21(5,6)20-9-11-10(12(16)19-4)7-8-15(11)13(17)18/h7,11H,8-9H2,1-6H3,(H,17,18)/t11-/m1/s1. The zero-order valence-electron chi connectivity index (χ0n) is 13.6. The molecule has 0 spiro atoms. The number of hydrogen-bond donors (Lipinski definition) is 1. The van der Waals surface area contributed by atoms with Crippen molar-refractivity contribution in [1.29, 1.82) is 0 Å². The number of carbonyl (C=O) groups excluding carboxylic acids is 1. The van der Waals surface area contributed by atoms with E-state index < -0.39 is 26.4 Å². The molecule has 1 aliphatic heterocycles. The van der Waals surface area contributed by atoms with Crippen molar-refractivity contribution < 1.29 is 23.9 Å². The maximum absolute atomic E-state index is 11.8. The zero-order chi connectivity index (χ0) is 16.4. The first-order valence-corrected chi connectivity index (χ1v) is 9.84. The summed E-state index contributed by atoms with van der Waals surface area (Å²) in [7, 11) is -0.720. The van der Waals surface area contributed by atoms with Gasteiger partial charge in [-0.05, 0) is 18.1 Å². The van der Waals surface area contributed by atoms with Crippen LogP contribution in [0.5, 0.6) is 0 Å². The molecule has 0 aromatic heterocycles. The number of ether oxygens (including phenoxy) is 1. The molecular weight excluding hydrogens is 290 g/mol. The molecule has 1 amide bonds. The highest BCUT2D eigenvalue weighted by Crippen LogP contribution is 2.37. The molecule has 1 aliphatic rings. The molecule has 0 saturated carbocycles. The van der Waals surface area contributed by atoms with Crippen LogP contribution in [0.25, 0.3) is 0 Å². The van der Waals surface area contributed by atoms with Crippen LogP contribution in [0.2, 0.25) is 18.1 Å². The van der Waals surface area contributed by atoms with Gasteiger partial charge in [0.25, 0.3) is 0 Å². The minimum Gasteiger partial charge on any atom is -0.466 e. The maximum Gasteiger partial charge on any atom is 0.408 e. The molecule has 1 rings (SSSR count). The summed E-state index contributed by atoms with van der Waals surface area (Å²) in [4.78, 5) is 24.3. The topological polar surface area (TPSA) is 76.1 Å². The first kappa shape index (κ1) is 17.7. The van der Waals surface area contributed by atoms with E-state index in [0.29, 0.717) is 5.57 Å². The third kappa shape index (κ3) is 3.85. The molecular formula is C14H25NO5Si. The smallest absolute Gasteiger partial charge is 0.408 e. The highest BCUT2D eigenvalue weighted by molar-refractivity contribution is 6.74. The number of esters is 1. The van der Waals surface area contributed by atoms with E-state index in [1.165, 1.54) is 12.0 Å². The van der Waals surface area contributed by atoms with Gasteiger partial charge < -0.3 is 14.3 Å². The fourth-order valence-corrected chi connectivity index (χ4v) is 2.87. The van der Waals surface area contributed by atoms with Gasteiger partial charge in [0.1, 0.15) is 0 Å². The summed E-state index contributed by atoms with van der Waals surface area (Å²) in [6.07, 6.45) is 0.536. The lowest BCUT2D eigenvalue weighted by molar-refractivity contribution is -0.136. The third-order valence-corrected chi connectivity index (χ3v) is 8.82. The Morgan fingerprint density at radius 3 is 2.43 bits per heavy atom. The molecule has 21 heavy (non-hydrogen) atoms. The molecule has 1 heterocycles. The second kappa shape index (κ2) is 6.19. The van der Waals surface area contributed by atoms with E-state index in [0.717, 1.165) is 0 Å². The first-order chi connectivity index (χ1) is 9.51. The molecule has 7 heteroatoms. The number of carboxylic acid groups (broad SMARTS) is 1. The van der Waals surface area contributed by atoms with Crippen LogP contribution in [-0.2, 0) is 14.0 Å². The number of methoxy groups -OCH3 is 1. The summed E-state index contributed by atoms with van der Waals surface area (Å²) in [6.45, 7) is 10.9. The Balaban J connectivity index is 2.87. The van der Waals surface area contributed by atoms with Crippen molar-refractivity contribution in [2.75, 3.05) is 20.3 Å². The van der Waals surface area contributed by atoms with E-state index in [9.17, 15) is 14.7 Å². The van der Waals surface area contributed by atoms with Gasteiger partial charge in [-0.25, -0.2) is 9.59 Å². The minimum atomic E-state index is -2.01. The van der Waals surface area contributed by atoms with E-state index in [1.54, 1.807) is 6.08 Å². The highest BCUT2D eigenvalue weighted by Gasteiger charge is 2.41. The van der Waals surface area contributed by atoms with Gasteiger partial charge >= 0.3 is 12.1 Å². The Morgan fingerprint density at radius 2 is 2.00 bits per heavy atom. The Bertz CT molecular complexity index is 453. The first-order valence-electron chi connectivity index (χ1n) is 6.93. The maximum atomic E-state index is 11.8. The number of carbonyl (C=O) groups is 2. The molecule has 120 valence electrons. The molecule has 6 nitrogen and oxygen atoms in total. The number of amides is 1. The van der Waals surface area contributed by atoms with E-state index in [2.05, 4.69) is 33.9 Å². The zero-order valence-corrected chi connectivity index (χ0v) is 14.6. The molecule has 1 atom stereocenters. The SMILES string of the molecule is COC(=O)C1=CCN(C(=O)O)[C@@H]1CO[Si](C)(C)C(C)(C)C. The fourth-order valence-electron chi connectivity index (χ4n) is 1.86. The van der Waals surface area contributed by atoms with Crippen LogP contribution in [0.4, 0.5) is 4.79 Å². The summed E-state index contributed by atoms with van der Waals surface area (Å²) < 4.78 is 10.8. The second-order valence-corrected chi connectivity index (χ2v) is 11.5. The van der Waals surface area contributed by atoms with Gasteiger partial charge in [-0.3, -0.25) is 4.90 Å². The minimum absolute atomic E-state index is 0.0226. The fraction of sp³-hybridized carbons (Fsp3) is 0.714. The molecule has 0 aromatic rings. The Morgan fingerprint density at radius 1 is 1.43 bits per heavy atom. The molecule has 0 aromatic carbocycles. The van der Waals surface area contributed by atoms with Gasteiger partial charge in [0.05, 0.1) is 25.3 Å². The largest absolute Gasteiger partial charge is 0.466 e. The highest BCUT2D eigenvalue weighted by atomic mass is 28.4. The lowest BCUT2D eigenvalue weighted by Gasteiger charge is -2.38. The van der Waals surface area contributed by atoms with Crippen molar-refractivity contribution in [3.63, 3.8) is 0 Å². The summed E-state index contributed by atoms with van der Waals surface area (Å²) in [5, 5.41) is 9.26. The molecule has 0 fully saturated rings. The van der Waals surface area contributed by atoms with E-state index in [-0.39, 0.29) is 18.2 Å². The third-order valence-electron chi connectivity index (χ3n) is 4.32. The average molecular weight is 315 g/mol. The quantitative estimate of drug-likeness (QED) is 0.637. The monoisotopic (exact) mass is 315 g/mol. The average Bonchev–Trinajstić information content (AvgIpc) is 2.78. The van der Waals surface area contributed by atoms with Crippen LogP contribution < -0.4 is 0 Å². The van der Waals surface area contributed by atoms with E-state index >= 15 is 0 Å². The van der Waals surface area contributed by atoms with E-state index in [1.807, 2.05) is 0 Å². The Kier molecular flexibility index (Phi) is 5.22. The summed E-state index contributed by atoms with van der Waals surface area (Å²) >= 11 is 0. The number of nitrogens with zero attached hydrogens (tertiary/aromatic N) is 1. The van der Waals surface area contributed by atoms with Gasteiger partial charge in [0, 0.05) is 6.54 Å². The van der Waals surface area contributed by atoms with Crippen molar-refractivity contribution >= 4 is 20.4 Å².